The van der Waals surface area contributed by atoms with E-state index in [2.05, 4.69) is 17.1 Å². The first kappa shape index (κ1) is 19.7. The van der Waals surface area contributed by atoms with Crippen molar-refractivity contribution in [1.82, 2.24) is 4.68 Å². The second-order valence-electron chi connectivity index (χ2n) is 8.19. The number of aromatic nitrogens is 1. The lowest BCUT2D eigenvalue weighted by Crippen LogP contribution is -2.54. The van der Waals surface area contributed by atoms with Crippen molar-refractivity contribution in [2.24, 2.45) is 5.41 Å². The molecular weight excluding hydrogens is 440 g/mol. The maximum absolute atomic E-state index is 13.1. The molecule has 1 atom stereocenters. The minimum atomic E-state index is -0.778. The molecule has 30 heavy (non-hydrogen) atoms. The number of rotatable bonds is 1. The van der Waals surface area contributed by atoms with Gasteiger partial charge in [-0.2, -0.15) is 0 Å². The number of pyridine rings is 1. The third kappa shape index (κ3) is 2.91. The van der Waals surface area contributed by atoms with Crippen molar-refractivity contribution in [3.63, 3.8) is 0 Å². The molecule has 0 bridgehead atoms. The number of thiophene rings is 1. The van der Waals surface area contributed by atoms with Gasteiger partial charge in [0.15, 0.2) is 17.2 Å². The first-order chi connectivity index (χ1) is 14.3. The average molecular weight is 459 g/mol. The van der Waals surface area contributed by atoms with Gasteiger partial charge in [-0.15, -0.1) is 23.1 Å². The normalized spacial score (nSPS) is 19.6. The molecule has 2 aromatic heterocycles. The number of thioether (sulfide) groups is 1. The molecule has 0 spiro atoms. The van der Waals surface area contributed by atoms with Crippen LogP contribution in [0.4, 0.5) is 0 Å². The zero-order chi connectivity index (χ0) is 21.2. The monoisotopic (exact) mass is 458 g/mol. The quantitative estimate of drug-likeness (QED) is 0.566. The Morgan fingerprint density at radius 1 is 1.17 bits per heavy atom. The maximum Gasteiger partial charge on any atom is 0.224 e. The van der Waals surface area contributed by atoms with Crippen molar-refractivity contribution in [3.8, 4) is 5.75 Å². The predicted octanol–water partition coefficient (Wildman–Crippen LogP) is 4.82. The molecule has 5 nitrogen and oxygen atoms in total. The summed E-state index contributed by atoms with van der Waals surface area (Å²) in [6.07, 6.45) is 1.58. The lowest BCUT2D eigenvalue weighted by molar-refractivity contribution is 0.0786. The molecule has 4 heterocycles. The number of benzene rings is 1. The second-order valence-corrected chi connectivity index (χ2v) is 11.0. The highest BCUT2D eigenvalue weighted by Crippen LogP contribution is 2.47. The minimum Gasteiger partial charge on any atom is -0.503 e. The number of carbonyl (C=O) groups excluding carboxylic acids is 1. The Labute approximate surface area is 186 Å². The number of Topliss-reactive ketones (excluding diaryl/α,β-unsaturated/α-hetero) is 1. The van der Waals surface area contributed by atoms with E-state index in [4.69, 9.17) is 11.6 Å². The van der Waals surface area contributed by atoms with Crippen LogP contribution < -0.4 is 10.4 Å². The van der Waals surface area contributed by atoms with E-state index in [1.54, 1.807) is 34.0 Å². The molecule has 3 aromatic rings. The van der Waals surface area contributed by atoms with Crippen molar-refractivity contribution >= 4 is 40.5 Å². The van der Waals surface area contributed by atoms with Gasteiger partial charge in [0.05, 0.1) is 10.4 Å². The van der Waals surface area contributed by atoms with Crippen molar-refractivity contribution in [3.05, 3.63) is 78.9 Å². The van der Waals surface area contributed by atoms with E-state index in [1.807, 2.05) is 32.0 Å². The molecule has 0 saturated carbocycles. The zero-order valence-electron chi connectivity index (χ0n) is 16.4. The van der Waals surface area contributed by atoms with Crippen molar-refractivity contribution in [1.29, 1.82) is 0 Å². The first-order valence-electron chi connectivity index (χ1n) is 9.54. The molecule has 1 N–H and O–H groups in total. The van der Waals surface area contributed by atoms with Gasteiger partial charge in [-0.3, -0.25) is 19.3 Å². The molecule has 8 heteroatoms. The first-order valence-corrected chi connectivity index (χ1v) is 11.7. The number of halogens is 1. The van der Waals surface area contributed by atoms with Crippen LogP contribution in [0.1, 0.15) is 46.4 Å². The number of hydrogen-bond donors (Lipinski definition) is 1. The van der Waals surface area contributed by atoms with Gasteiger partial charge in [0.2, 0.25) is 5.43 Å². The number of fused-ring (bicyclic) bond motifs is 3. The van der Waals surface area contributed by atoms with E-state index in [9.17, 15) is 14.7 Å². The number of carbonyl (C=O) groups is 1. The highest BCUT2D eigenvalue weighted by Gasteiger charge is 2.44. The van der Waals surface area contributed by atoms with Gasteiger partial charge in [-0.1, -0.05) is 43.6 Å². The summed E-state index contributed by atoms with van der Waals surface area (Å²) in [4.78, 5) is 27.6. The van der Waals surface area contributed by atoms with Crippen LogP contribution in [-0.2, 0) is 5.75 Å². The predicted molar refractivity (Wildman–Crippen MR) is 121 cm³/mol. The van der Waals surface area contributed by atoms with Crippen LogP contribution in [0.15, 0.2) is 52.3 Å². The summed E-state index contributed by atoms with van der Waals surface area (Å²) in [6, 6.07) is 11.3. The van der Waals surface area contributed by atoms with Crippen molar-refractivity contribution in [2.75, 3.05) is 11.6 Å². The van der Waals surface area contributed by atoms with Gasteiger partial charge in [-0.25, -0.2) is 0 Å². The fraction of sp³-hybridized carbons (Fsp3) is 0.273. The van der Waals surface area contributed by atoms with Crippen LogP contribution >= 0.6 is 34.7 Å². The second kappa shape index (κ2) is 6.90. The largest absolute Gasteiger partial charge is 0.503 e. The number of ketones is 1. The van der Waals surface area contributed by atoms with E-state index in [1.165, 1.54) is 15.8 Å². The topological polar surface area (TPSA) is 62.5 Å². The molecule has 1 aromatic carbocycles. The lowest BCUT2D eigenvalue weighted by Gasteiger charge is -2.45. The third-order valence-corrected chi connectivity index (χ3v) is 8.27. The molecule has 0 amide bonds. The Kier molecular flexibility index (Phi) is 4.54. The molecule has 154 valence electrons. The summed E-state index contributed by atoms with van der Waals surface area (Å²) in [5, 5.41) is 12.6. The summed E-state index contributed by atoms with van der Waals surface area (Å²) in [5.41, 5.74) is 0.917. The third-order valence-electron chi connectivity index (χ3n) is 5.69. The Morgan fingerprint density at radius 2 is 1.93 bits per heavy atom. The van der Waals surface area contributed by atoms with Crippen molar-refractivity contribution < 1.29 is 9.90 Å². The summed E-state index contributed by atoms with van der Waals surface area (Å²) in [6.45, 7) is 4.13. The van der Waals surface area contributed by atoms with Crippen LogP contribution in [0.2, 0.25) is 4.34 Å². The fourth-order valence-electron chi connectivity index (χ4n) is 4.25. The Hall–Kier alpha value is -2.22. The van der Waals surface area contributed by atoms with Crippen LogP contribution in [-0.4, -0.2) is 22.1 Å². The van der Waals surface area contributed by atoms with Crippen LogP contribution in [0.3, 0.4) is 0 Å². The van der Waals surface area contributed by atoms with Gasteiger partial charge in [0.25, 0.3) is 0 Å². The van der Waals surface area contributed by atoms with E-state index < -0.39 is 16.6 Å². The van der Waals surface area contributed by atoms with Crippen molar-refractivity contribution in [2.45, 2.75) is 30.5 Å². The maximum atomic E-state index is 13.1. The summed E-state index contributed by atoms with van der Waals surface area (Å²) < 4.78 is 2.37. The van der Waals surface area contributed by atoms with Crippen LogP contribution in [0.25, 0.3) is 0 Å². The summed E-state index contributed by atoms with van der Waals surface area (Å²) >= 11 is 9.75. The number of aromatic hydroxyl groups is 1. The summed E-state index contributed by atoms with van der Waals surface area (Å²) in [7, 11) is 0. The van der Waals surface area contributed by atoms with Gasteiger partial charge in [0.1, 0.15) is 0 Å². The lowest BCUT2D eigenvalue weighted by atomic mass is 9.82. The number of hydrogen-bond acceptors (Lipinski definition) is 6. The van der Waals surface area contributed by atoms with Crippen LogP contribution in [0.5, 0.6) is 5.75 Å². The zero-order valence-corrected chi connectivity index (χ0v) is 18.8. The molecule has 0 saturated heterocycles. The minimum absolute atomic E-state index is 0.0380. The highest BCUT2D eigenvalue weighted by atomic mass is 35.5. The highest BCUT2D eigenvalue weighted by molar-refractivity contribution is 7.98. The molecule has 0 fully saturated rings. The van der Waals surface area contributed by atoms with Gasteiger partial charge >= 0.3 is 0 Å². The van der Waals surface area contributed by atoms with Gasteiger partial charge < -0.3 is 5.11 Å². The number of nitrogens with zero attached hydrogens (tertiary/aromatic N) is 2. The van der Waals surface area contributed by atoms with Gasteiger partial charge in [0, 0.05) is 39.7 Å². The van der Waals surface area contributed by atoms with Gasteiger partial charge in [-0.05, 0) is 23.3 Å². The fourth-order valence-corrected chi connectivity index (χ4v) is 6.75. The molecule has 2 aliphatic rings. The SMILES string of the molecule is CC1(C)CN(C2c3ccccc3SCc3sc(Cl)cc32)n2ccc(=O)c(O)c2C1=O. The van der Waals surface area contributed by atoms with Crippen LogP contribution in [0, 0.1) is 5.41 Å². The molecular formula is C22H19ClN2O3S2. The van der Waals surface area contributed by atoms with E-state index in [-0.39, 0.29) is 17.5 Å². The average Bonchev–Trinajstić information content (AvgIpc) is 3.00. The molecule has 1 unspecified atom stereocenters. The molecule has 2 aliphatic heterocycles. The Morgan fingerprint density at radius 3 is 2.73 bits per heavy atom. The Balaban J connectivity index is 1.81. The molecule has 5 rings (SSSR count). The van der Waals surface area contributed by atoms with E-state index in [0.717, 1.165) is 21.2 Å². The van der Waals surface area contributed by atoms with E-state index in [0.29, 0.717) is 6.54 Å². The summed E-state index contributed by atoms with van der Waals surface area (Å²) in [5.74, 6) is 0.0764. The van der Waals surface area contributed by atoms with E-state index >= 15 is 0 Å². The standard InChI is InChI=1S/C22H19ClN2O3S2/c1-22(2)11-25(24-8-7-14(26)20(27)19(24)21(22)28)18-12-5-3-4-6-15(12)29-10-16-13(18)9-17(23)30-16/h3-9,18,27H,10-11H2,1-2H3. The molecule has 0 radical (unpaired) electrons. The molecule has 0 aliphatic carbocycles. The Bertz CT molecular complexity index is 1250. The smallest absolute Gasteiger partial charge is 0.224 e.